The van der Waals surface area contributed by atoms with Gasteiger partial charge in [0.15, 0.2) is 0 Å². The third-order valence-electron chi connectivity index (χ3n) is 2.01. The molecule has 1 rings (SSSR count). The molecule has 1 aromatic rings. The Balaban J connectivity index is 2.85. The molecule has 3 nitrogen and oxygen atoms in total. The summed E-state index contributed by atoms with van der Waals surface area (Å²) in [5, 5.41) is 3.93. The van der Waals surface area contributed by atoms with Gasteiger partial charge < -0.3 is 10.1 Å². The van der Waals surface area contributed by atoms with E-state index in [0.29, 0.717) is 12.2 Å². The predicted molar refractivity (Wildman–Crippen MR) is 64.6 cm³/mol. The van der Waals surface area contributed by atoms with Crippen LogP contribution in [-0.4, -0.2) is 25.0 Å². The number of methoxy groups -OCH3 is 1. The van der Waals surface area contributed by atoms with Gasteiger partial charge in [-0.2, -0.15) is 0 Å². The first-order valence-electron chi connectivity index (χ1n) is 4.86. The van der Waals surface area contributed by atoms with Gasteiger partial charge in [-0.05, 0) is 24.6 Å². The predicted octanol–water partition coefficient (Wildman–Crippen LogP) is 2.81. The molecule has 0 saturated carbocycles. The standard InChI is InChI=1S/C11H13BrFNO2/c1-16-11(15)9-7-8(13)3-4-10(9)14-6-2-5-12/h3-4,7,14H,2,5-6H2,1H3. The second-order valence-electron chi connectivity index (χ2n) is 3.15. The van der Waals surface area contributed by atoms with Crippen molar-refractivity contribution in [2.24, 2.45) is 0 Å². The number of rotatable bonds is 5. The van der Waals surface area contributed by atoms with E-state index >= 15 is 0 Å². The molecule has 0 aliphatic carbocycles. The third kappa shape index (κ3) is 3.48. The summed E-state index contributed by atoms with van der Waals surface area (Å²) in [6.45, 7) is 0.709. The zero-order valence-electron chi connectivity index (χ0n) is 8.93. The summed E-state index contributed by atoms with van der Waals surface area (Å²) in [5.41, 5.74) is 0.811. The smallest absolute Gasteiger partial charge is 0.340 e. The Morgan fingerprint density at radius 2 is 2.31 bits per heavy atom. The molecule has 0 atom stereocenters. The van der Waals surface area contributed by atoms with E-state index in [-0.39, 0.29) is 5.56 Å². The van der Waals surface area contributed by atoms with E-state index < -0.39 is 11.8 Å². The Morgan fingerprint density at radius 1 is 1.56 bits per heavy atom. The van der Waals surface area contributed by atoms with Crippen molar-refractivity contribution in [2.45, 2.75) is 6.42 Å². The monoisotopic (exact) mass is 289 g/mol. The van der Waals surface area contributed by atoms with Crippen LogP contribution in [0.1, 0.15) is 16.8 Å². The summed E-state index contributed by atoms with van der Waals surface area (Å²) < 4.78 is 17.6. The molecule has 0 unspecified atom stereocenters. The number of nitrogens with one attached hydrogen (secondary N) is 1. The molecule has 0 heterocycles. The summed E-state index contributed by atoms with van der Waals surface area (Å²) in [7, 11) is 1.27. The van der Waals surface area contributed by atoms with Gasteiger partial charge in [-0.3, -0.25) is 0 Å². The van der Waals surface area contributed by atoms with Gasteiger partial charge in [0.05, 0.1) is 12.7 Å². The van der Waals surface area contributed by atoms with E-state index in [9.17, 15) is 9.18 Å². The van der Waals surface area contributed by atoms with Gasteiger partial charge >= 0.3 is 5.97 Å². The maximum Gasteiger partial charge on any atom is 0.340 e. The molecule has 0 radical (unpaired) electrons. The van der Waals surface area contributed by atoms with E-state index in [1.165, 1.54) is 25.3 Å². The maximum absolute atomic E-state index is 13.0. The highest BCUT2D eigenvalue weighted by Crippen LogP contribution is 2.18. The molecule has 0 amide bonds. The van der Waals surface area contributed by atoms with Crippen molar-refractivity contribution < 1.29 is 13.9 Å². The van der Waals surface area contributed by atoms with Crippen molar-refractivity contribution in [3.05, 3.63) is 29.6 Å². The topological polar surface area (TPSA) is 38.3 Å². The average molecular weight is 290 g/mol. The quantitative estimate of drug-likeness (QED) is 0.515. The Morgan fingerprint density at radius 3 is 2.94 bits per heavy atom. The number of anilines is 1. The van der Waals surface area contributed by atoms with Crippen LogP contribution in [0, 0.1) is 5.82 Å². The van der Waals surface area contributed by atoms with Crippen LogP contribution in [0.15, 0.2) is 18.2 Å². The number of hydrogen-bond acceptors (Lipinski definition) is 3. The highest BCUT2D eigenvalue weighted by molar-refractivity contribution is 9.09. The third-order valence-corrected chi connectivity index (χ3v) is 2.57. The van der Waals surface area contributed by atoms with E-state index in [1.54, 1.807) is 0 Å². The van der Waals surface area contributed by atoms with Crippen molar-refractivity contribution in [3.63, 3.8) is 0 Å². The van der Waals surface area contributed by atoms with Crippen molar-refractivity contribution in [3.8, 4) is 0 Å². The van der Waals surface area contributed by atoms with Crippen LogP contribution in [-0.2, 0) is 4.74 Å². The lowest BCUT2D eigenvalue weighted by Crippen LogP contribution is -2.10. The number of halogens is 2. The van der Waals surface area contributed by atoms with Gasteiger partial charge in [-0.15, -0.1) is 0 Å². The van der Waals surface area contributed by atoms with Crippen molar-refractivity contribution in [2.75, 3.05) is 24.3 Å². The fourth-order valence-electron chi connectivity index (χ4n) is 1.24. The lowest BCUT2D eigenvalue weighted by atomic mass is 10.1. The van der Waals surface area contributed by atoms with Crippen molar-refractivity contribution in [1.82, 2.24) is 0 Å². The SMILES string of the molecule is COC(=O)c1cc(F)ccc1NCCCBr. The lowest BCUT2D eigenvalue weighted by molar-refractivity contribution is 0.0601. The molecule has 0 aliphatic heterocycles. The number of alkyl halides is 1. The number of carbonyl (C=O) groups is 1. The molecule has 88 valence electrons. The zero-order valence-corrected chi connectivity index (χ0v) is 10.5. The van der Waals surface area contributed by atoms with Crippen LogP contribution in [0.3, 0.4) is 0 Å². The van der Waals surface area contributed by atoms with E-state index in [2.05, 4.69) is 26.0 Å². The first kappa shape index (κ1) is 13.0. The first-order valence-corrected chi connectivity index (χ1v) is 5.99. The number of carbonyl (C=O) groups excluding carboxylic acids is 1. The molecule has 5 heteroatoms. The fraction of sp³-hybridized carbons (Fsp3) is 0.364. The fourth-order valence-corrected chi connectivity index (χ4v) is 1.52. The molecule has 0 aliphatic rings. The van der Waals surface area contributed by atoms with Gasteiger partial charge in [0.1, 0.15) is 5.82 Å². The molecule has 1 aromatic carbocycles. The molecule has 0 saturated heterocycles. The Bertz CT molecular complexity index is 371. The maximum atomic E-state index is 13.0. The van der Waals surface area contributed by atoms with Crippen LogP contribution in [0.2, 0.25) is 0 Å². The Labute approximate surface area is 102 Å². The molecular weight excluding hydrogens is 277 g/mol. The van der Waals surface area contributed by atoms with Crippen LogP contribution >= 0.6 is 15.9 Å². The van der Waals surface area contributed by atoms with E-state index in [1.807, 2.05) is 0 Å². The van der Waals surface area contributed by atoms with Crippen LogP contribution in [0.4, 0.5) is 10.1 Å². The summed E-state index contributed by atoms with van der Waals surface area (Å²) in [6, 6.07) is 4.01. The summed E-state index contributed by atoms with van der Waals surface area (Å²) >= 11 is 3.30. The van der Waals surface area contributed by atoms with Crippen LogP contribution in [0.25, 0.3) is 0 Å². The molecular formula is C11H13BrFNO2. The number of benzene rings is 1. The molecule has 0 bridgehead atoms. The van der Waals surface area contributed by atoms with E-state index in [4.69, 9.17) is 0 Å². The highest BCUT2D eigenvalue weighted by atomic mass is 79.9. The van der Waals surface area contributed by atoms with Gasteiger partial charge in [0.2, 0.25) is 0 Å². The van der Waals surface area contributed by atoms with Gasteiger partial charge in [-0.25, -0.2) is 9.18 Å². The first-order chi connectivity index (χ1) is 7.69. The molecule has 1 N–H and O–H groups in total. The van der Waals surface area contributed by atoms with E-state index in [0.717, 1.165) is 11.8 Å². The second-order valence-corrected chi connectivity index (χ2v) is 3.94. The van der Waals surface area contributed by atoms with Gasteiger partial charge in [-0.1, -0.05) is 15.9 Å². The summed E-state index contributed by atoms with van der Waals surface area (Å²) in [4.78, 5) is 11.4. The highest BCUT2D eigenvalue weighted by Gasteiger charge is 2.12. The molecule has 0 fully saturated rings. The normalized spacial score (nSPS) is 9.94. The van der Waals surface area contributed by atoms with Gasteiger partial charge in [0, 0.05) is 17.6 Å². The Kier molecular flexibility index (Phi) is 5.25. The van der Waals surface area contributed by atoms with Crippen LogP contribution < -0.4 is 5.32 Å². The minimum Gasteiger partial charge on any atom is -0.465 e. The minimum absolute atomic E-state index is 0.220. The van der Waals surface area contributed by atoms with Crippen LogP contribution in [0.5, 0.6) is 0 Å². The van der Waals surface area contributed by atoms with Crippen molar-refractivity contribution in [1.29, 1.82) is 0 Å². The zero-order chi connectivity index (χ0) is 12.0. The number of ether oxygens (including phenoxy) is 1. The summed E-state index contributed by atoms with van der Waals surface area (Å²) in [5.74, 6) is -0.993. The van der Waals surface area contributed by atoms with Gasteiger partial charge in [0.25, 0.3) is 0 Å². The number of esters is 1. The van der Waals surface area contributed by atoms with Crippen molar-refractivity contribution >= 4 is 27.6 Å². The molecule has 0 aromatic heterocycles. The minimum atomic E-state index is -0.541. The average Bonchev–Trinajstić information content (AvgIpc) is 2.30. The molecule has 16 heavy (non-hydrogen) atoms. The summed E-state index contributed by atoms with van der Waals surface area (Å²) in [6.07, 6.45) is 0.915. The second kappa shape index (κ2) is 6.48. The lowest BCUT2D eigenvalue weighted by Gasteiger charge is -2.10. The number of hydrogen-bond donors (Lipinski definition) is 1. The largest absolute Gasteiger partial charge is 0.465 e. The Hall–Kier alpha value is -1.10. The molecule has 0 spiro atoms.